The number of piperazine rings is 1. The van der Waals surface area contributed by atoms with Crippen molar-refractivity contribution in [1.29, 1.82) is 0 Å². The van der Waals surface area contributed by atoms with Crippen LogP contribution in [0, 0.1) is 5.82 Å². The second-order valence-electron chi connectivity index (χ2n) is 5.99. The van der Waals surface area contributed by atoms with E-state index in [0.29, 0.717) is 17.4 Å². The molecule has 0 bridgehead atoms. The zero-order valence-electron chi connectivity index (χ0n) is 12.1. The molecule has 1 saturated heterocycles. The van der Waals surface area contributed by atoms with Gasteiger partial charge in [-0.1, -0.05) is 24.4 Å². The number of benzene rings is 1. The Hall–Kier alpha value is -1.20. The lowest BCUT2D eigenvalue weighted by Crippen LogP contribution is -2.50. The third kappa shape index (κ3) is 2.77. The highest BCUT2D eigenvalue weighted by Gasteiger charge is 2.28. The Balaban J connectivity index is 1.73. The van der Waals surface area contributed by atoms with Gasteiger partial charge in [-0.25, -0.2) is 4.39 Å². The number of nitrogens with zero attached hydrogens (tertiary/aromatic N) is 2. The molecule has 0 aromatic heterocycles. The van der Waals surface area contributed by atoms with Crippen LogP contribution in [0.2, 0.25) is 5.02 Å². The molecule has 1 aromatic rings. The molecule has 0 radical (unpaired) electrons. The molecule has 0 atom stereocenters. The molecular weight excluding hydrogens is 291 g/mol. The fraction of sp³-hybridized carbons (Fsp3) is 0.600. The monoisotopic (exact) mass is 312 g/mol. The molecule has 2 aliphatic rings. The van der Waals surface area contributed by atoms with Crippen molar-refractivity contribution in [2.24, 2.45) is 0 Å². The maximum absolute atomic E-state index is 14.4. The van der Waals surface area contributed by atoms with Crippen LogP contribution in [0.25, 0.3) is 0 Å². The second-order valence-corrected chi connectivity index (χ2v) is 6.37. The Morgan fingerprint density at radius 2 is 1.67 bits per heavy atom. The third-order valence-electron chi connectivity index (χ3n) is 4.71. The van der Waals surface area contributed by atoms with Crippen molar-refractivity contribution in [2.75, 3.05) is 42.5 Å². The highest BCUT2D eigenvalue weighted by molar-refractivity contribution is 6.33. The Morgan fingerprint density at radius 1 is 1.05 bits per heavy atom. The standard InChI is InChI=1S/C15H22ClFN4/c16-13-11(18)9-12(19)15(14(13)17)21-7-5-20(6-8-21)10-3-1-2-4-10/h9-10H,1-8,18-19H2. The zero-order chi connectivity index (χ0) is 15.0. The first-order chi connectivity index (χ1) is 10.1. The van der Waals surface area contributed by atoms with Crippen LogP contribution >= 0.6 is 11.6 Å². The van der Waals surface area contributed by atoms with Crippen LogP contribution in [0.4, 0.5) is 21.5 Å². The average Bonchev–Trinajstić information content (AvgIpc) is 3.00. The van der Waals surface area contributed by atoms with Gasteiger partial charge in [0.1, 0.15) is 5.02 Å². The molecule has 1 heterocycles. The fourth-order valence-corrected chi connectivity index (χ4v) is 3.70. The van der Waals surface area contributed by atoms with Crippen LogP contribution in [0.5, 0.6) is 0 Å². The van der Waals surface area contributed by atoms with Crippen molar-refractivity contribution < 1.29 is 4.39 Å². The smallest absolute Gasteiger partial charge is 0.169 e. The van der Waals surface area contributed by atoms with E-state index in [1.165, 1.54) is 25.7 Å². The summed E-state index contributed by atoms with van der Waals surface area (Å²) in [5, 5.41) is -0.0302. The van der Waals surface area contributed by atoms with Crippen molar-refractivity contribution in [3.05, 3.63) is 16.9 Å². The summed E-state index contributed by atoms with van der Waals surface area (Å²) >= 11 is 5.91. The number of halogens is 2. The maximum atomic E-state index is 14.4. The van der Waals surface area contributed by atoms with Gasteiger partial charge in [-0.05, 0) is 18.9 Å². The average molecular weight is 313 g/mol. The topological polar surface area (TPSA) is 58.5 Å². The van der Waals surface area contributed by atoms with E-state index >= 15 is 0 Å². The van der Waals surface area contributed by atoms with E-state index < -0.39 is 5.82 Å². The quantitative estimate of drug-likeness (QED) is 0.824. The molecule has 3 rings (SSSR count). The van der Waals surface area contributed by atoms with E-state index in [-0.39, 0.29) is 10.7 Å². The van der Waals surface area contributed by atoms with Crippen molar-refractivity contribution in [1.82, 2.24) is 4.90 Å². The van der Waals surface area contributed by atoms with Crippen molar-refractivity contribution >= 4 is 28.7 Å². The summed E-state index contributed by atoms with van der Waals surface area (Å²) in [5.74, 6) is -0.497. The Kier molecular flexibility index (Phi) is 4.13. The minimum atomic E-state index is -0.497. The summed E-state index contributed by atoms with van der Waals surface area (Å²) in [4.78, 5) is 4.51. The lowest BCUT2D eigenvalue weighted by Gasteiger charge is -2.39. The zero-order valence-corrected chi connectivity index (χ0v) is 12.9. The van der Waals surface area contributed by atoms with Gasteiger partial charge in [0.15, 0.2) is 5.82 Å². The molecule has 116 valence electrons. The van der Waals surface area contributed by atoms with E-state index in [1.807, 2.05) is 4.90 Å². The maximum Gasteiger partial charge on any atom is 0.169 e. The first-order valence-electron chi connectivity index (χ1n) is 7.60. The van der Waals surface area contributed by atoms with E-state index in [2.05, 4.69) is 4.90 Å². The van der Waals surface area contributed by atoms with E-state index in [9.17, 15) is 4.39 Å². The van der Waals surface area contributed by atoms with Gasteiger partial charge in [-0.3, -0.25) is 4.90 Å². The molecule has 1 aliphatic carbocycles. The molecule has 4 nitrogen and oxygen atoms in total. The van der Waals surface area contributed by atoms with Crippen LogP contribution in [0.3, 0.4) is 0 Å². The largest absolute Gasteiger partial charge is 0.397 e. The number of nitrogen functional groups attached to an aromatic ring is 2. The van der Waals surface area contributed by atoms with Crippen LogP contribution in [0.1, 0.15) is 25.7 Å². The molecule has 0 amide bonds. The lowest BCUT2D eigenvalue weighted by molar-refractivity contribution is 0.187. The first kappa shape index (κ1) is 14.7. The second kappa shape index (κ2) is 5.89. The van der Waals surface area contributed by atoms with E-state index in [4.69, 9.17) is 23.1 Å². The number of hydrogen-bond donors (Lipinski definition) is 2. The molecule has 1 aliphatic heterocycles. The molecule has 1 aromatic carbocycles. The van der Waals surface area contributed by atoms with E-state index in [1.54, 1.807) is 6.07 Å². The SMILES string of the molecule is Nc1cc(N)c(N2CCN(C3CCCC3)CC2)c(F)c1Cl. The van der Waals surface area contributed by atoms with Gasteiger partial charge in [0, 0.05) is 32.2 Å². The van der Waals surface area contributed by atoms with Crippen LogP contribution < -0.4 is 16.4 Å². The summed E-state index contributed by atoms with van der Waals surface area (Å²) in [6, 6.07) is 2.26. The third-order valence-corrected chi connectivity index (χ3v) is 5.09. The predicted octanol–water partition coefficient (Wildman–Crippen LogP) is 2.71. The van der Waals surface area contributed by atoms with Gasteiger partial charge in [0.25, 0.3) is 0 Å². The summed E-state index contributed by atoms with van der Waals surface area (Å²) in [6.07, 6.45) is 5.26. The molecule has 1 saturated carbocycles. The van der Waals surface area contributed by atoms with Gasteiger partial charge >= 0.3 is 0 Å². The van der Waals surface area contributed by atoms with Crippen molar-refractivity contribution in [3.63, 3.8) is 0 Å². The predicted molar refractivity (Wildman–Crippen MR) is 86.3 cm³/mol. The summed E-state index contributed by atoms with van der Waals surface area (Å²) < 4.78 is 14.4. The summed E-state index contributed by atoms with van der Waals surface area (Å²) in [6.45, 7) is 3.45. The van der Waals surface area contributed by atoms with Gasteiger partial charge in [-0.2, -0.15) is 0 Å². The molecule has 2 fully saturated rings. The first-order valence-corrected chi connectivity index (χ1v) is 7.97. The molecule has 0 unspecified atom stereocenters. The lowest BCUT2D eigenvalue weighted by atomic mass is 10.1. The van der Waals surface area contributed by atoms with E-state index in [0.717, 1.165) is 26.2 Å². The van der Waals surface area contributed by atoms with Crippen LogP contribution in [-0.4, -0.2) is 37.1 Å². The molecular formula is C15H22ClFN4. The summed E-state index contributed by atoms with van der Waals surface area (Å²) in [7, 11) is 0. The van der Waals surface area contributed by atoms with Gasteiger partial charge in [0.2, 0.25) is 0 Å². The van der Waals surface area contributed by atoms with Gasteiger partial charge < -0.3 is 16.4 Å². The molecule has 21 heavy (non-hydrogen) atoms. The molecule has 4 N–H and O–H groups in total. The van der Waals surface area contributed by atoms with Crippen LogP contribution in [0.15, 0.2) is 6.07 Å². The minimum Gasteiger partial charge on any atom is -0.397 e. The highest BCUT2D eigenvalue weighted by Crippen LogP contribution is 2.37. The number of rotatable bonds is 2. The molecule has 6 heteroatoms. The summed E-state index contributed by atoms with van der Waals surface area (Å²) in [5.41, 5.74) is 12.6. The number of hydrogen-bond acceptors (Lipinski definition) is 4. The van der Waals surface area contributed by atoms with Crippen LogP contribution in [-0.2, 0) is 0 Å². The van der Waals surface area contributed by atoms with Crippen molar-refractivity contribution in [3.8, 4) is 0 Å². The Morgan fingerprint density at radius 3 is 2.29 bits per heavy atom. The Labute approximate surface area is 129 Å². The molecule has 0 spiro atoms. The van der Waals surface area contributed by atoms with Gasteiger partial charge in [-0.15, -0.1) is 0 Å². The van der Waals surface area contributed by atoms with Crippen molar-refractivity contribution in [2.45, 2.75) is 31.7 Å². The minimum absolute atomic E-state index is 0.0302. The highest BCUT2D eigenvalue weighted by atomic mass is 35.5. The fourth-order valence-electron chi connectivity index (χ4n) is 3.56. The number of anilines is 3. The van der Waals surface area contributed by atoms with Gasteiger partial charge in [0.05, 0.1) is 17.1 Å². The Bertz CT molecular complexity index is 523. The normalized spacial score (nSPS) is 21.1. The number of nitrogens with two attached hydrogens (primary N) is 2.